The van der Waals surface area contributed by atoms with Crippen molar-refractivity contribution in [1.82, 2.24) is 0 Å². The van der Waals surface area contributed by atoms with Crippen LogP contribution in [0.3, 0.4) is 0 Å². The van der Waals surface area contributed by atoms with Gasteiger partial charge in [-0.25, -0.2) is 0 Å². The third kappa shape index (κ3) is 3.57. The molecule has 0 saturated heterocycles. The van der Waals surface area contributed by atoms with E-state index in [2.05, 4.69) is 0 Å². The zero-order valence-corrected chi connectivity index (χ0v) is 10.9. The molecule has 2 aliphatic carbocycles. The lowest BCUT2D eigenvalue weighted by Gasteiger charge is -2.06. The van der Waals surface area contributed by atoms with Crippen LogP contribution in [0, 0.1) is 11.8 Å². The van der Waals surface area contributed by atoms with Gasteiger partial charge in [0.15, 0.2) is 5.78 Å². The third-order valence-electron chi connectivity index (χ3n) is 2.98. The van der Waals surface area contributed by atoms with Crippen LogP contribution in [0.15, 0.2) is 48.6 Å². The van der Waals surface area contributed by atoms with Gasteiger partial charge < -0.3 is 0 Å². The van der Waals surface area contributed by atoms with Gasteiger partial charge in [0, 0.05) is 12.2 Å². The fourth-order valence-electron chi connectivity index (χ4n) is 1.90. The van der Waals surface area contributed by atoms with Gasteiger partial charge in [0.05, 0.1) is 17.6 Å². The van der Waals surface area contributed by atoms with Crippen molar-refractivity contribution in [2.24, 2.45) is 11.8 Å². The highest BCUT2D eigenvalue weighted by molar-refractivity contribution is 7.99. The first-order valence-electron chi connectivity index (χ1n) is 6.10. The SMILES string of the molecule is O=C(CCSCC(=O)C1C=CC=C1)C1C=CC=C1. The standard InChI is InChI=1S/C15H16O2S/c16-14(12-5-1-2-6-12)9-10-18-11-15(17)13-7-3-4-8-13/h1-8,12-13H,9-11H2. The summed E-state index contributed by atoms with van der Waals surface area (Å²) in [6.45, 7) is 0. The molecule has 0 atom stereocenters. The molecule has 0 spiro atoms. The minimum atomic E-state index is -0.0473. The van der Waals surface area contributed by atoms with Crippen molar-refractivity contribution in [3.8, 4) is 0 Å². The molecular formula is C15H16O2S. The Kier molecular flexibility index (Phi) is 4.76. The van der Waals surface area contributed by atoms with Crippen molar-refractivity contribution in [2.75, 3.05) is 11.5 Å². The fraction of sp³-hybridized carbons (Fsp3) is 0.333. The molecule has 2 aliphatic rings. The summed E-state index contributed by atoms with van der Waals surface area (Å²) in [6.07, 6.45) is 15.8. The molecule has 0 aromatic heterocycles. The van der Waals surface area contributed by atoms with E-state index in [-0.39, 0.29) is 23.4 Å². The van der Waals surface area contributed by atoms with E-state index in [0.717, 1.165) is 5.75 Å². The Hall–Kier alpha value is -1.35. The van der Waals surface area contributed by atoms with Crippen molar-refractivity contribution in [3.63, 3.8) is 0 Å². The molecule has 3 heteroatoms. The van der Waals surface area contributed by atoms with E-state index in [1.165, 1.54) is 0 Å². The normalized spacial score (nSPS) is 18.0. The van der Waals surface area contributed by atoms with Crippen LogP contribution >= 0.6 is 11.8 Å². The Balaban J connectivity index is 1.61. The molecule has 0 heterocycles. The third-order valence-corrected chi connectivity index (χ3v) is 3.96. The number of allylic oxidation sites excluding steroid dienone is 8. The van der Waals surface area contributed by atoms with Crippen molar-refractivity contribution in [1.29, 1.82) is 0 Å². The molecule has 0 aliphatic heterocycles. The summed E-state index contributed by atoms with van der Waals surface area (Å²) in [5, 5.41) is 0. The minimum Gasteiger partial charge on any atom is -0.299 e. The molecule has 0 aromatic rings. The van der Waals surface area contributed by atoms with E-state index in [1.54, 1.807) is 11.8 Å². The van der Waals surface area contributed by atoms with Crippen molar-refractivity contribution in [3.05, 3.63) is 48.6 Å². The average Bonchev–Trinajstić information content (AvgIpc) is 3.05. The molecule has 0 N–H and O–H groups in total. The first-order chi connectivity index (χ1) is 8.77. The highest BCUT2D eigenvalue weighted by Gasteiger charge is 2.16. The lowest BCUT2D eigenvalue weighted by atomic mass is 10.1. The summed E-state index contributed by atoms with van der Waals surface area (Å²) < 4.78 is 0. The van der Waals surface area contributed by atoms with E-state index >= 15 is 0 Å². The maximum Gasteiger partial charge on any atom is 0.153 e. The van der Waals surface area contributed by atoms with E-state index in [0.29, 0.717) is 12.2 Å². The number of Topliss-reactive ketones (excluding diaryl/α,β-unsaturated/α-hetero) is 2. The second kappa shape index (κ2) is 6.55. The van der Waals surface area contributed by atoms with Crippen LogP contribution in [0.4, 0.5) is 0 Å². The van der Waals surface area contributed by atoms with Crippen LogP contribution in [0.2, 0.25) is 0 Å². The maximum atomic E-state index is 11.7. The number of carbonyl (C=O) groups is 2. The van der Waals surface area contributed by atoms with Gasteiger partial charge in [0.1, 0.15) is 5.78 Å². The molecule has 0 saturated carbocycles. The monoisotopic (exact) mass is 260 g/mol. The molecule has 0 unspecified atom stereocenters. The zero-order valence-electron chi connectivity index (χ0n) is 10.1. The Morgan fingerprint density at radius 1 is 0.833 bits per heavy atom. The molecule has 0 fully saturated rings. The Labute approximate surface area is 112 Å². The average molecular weight is 260 g/mol. The molecule has 0 amide bonds. The predicted octanol–water partition coefficient (Wildman–Crippen LogP) is 2.73. The van der Waals surface area contributed by atoms with Crippen LogP contribution in [-0.4, -0.2) is 23.1 Å². The molecule has 0 radical (unpaired) electrons. The van der Waals surface area contributed by atoms with Gasteiger partial charge in [0.2, 0.25) is 0 Å². The zero-order chi connectivity index (χ0) is 12.8. The van der Waals surface area contributed by atoms with E-state index in [1.807, 2.05) is 48.6 Å². The first kappa shape index (κ1) is 13.1. The molecule has 94 valence electrons. The highest BCUT2D eigenvalue weighted by atomic mass is 32.2. The van der Waals surface area contributed by atoms with E-state index in [4.69, 9.17) is 0 Å². The summed E-state index contributed by atoms with van der Waals surface area (Å²) in [5.41, 5.74) is 0. The van der Waals surface area contributed by atoms with Gasteiger partial charge in [-0.15, -0.1) is 0 Å². The number of ketones is 2. The largest absolute Gasteiger partial charge is 0.299 e. The molecule has 0 bridgehead atoms. The molecular weight excluding hydrogens is 244 g/mol. The van der Waals surface area contributed by atoms with Gasteiger partial charge in [-0.3, -0.25) is 9.59 Å². The van der Waals surface area contributed by atoms with E-state index in [9.17, 15) is 9.59 Å². The van der Waals surface area contributed by atoms with E-state index < -0.39 is 0 Å². The van der Waals surface area contributed by atoms with Crippen LogP contribution in [0.1, 0.15) is 6.42 Å². The van der Waals surface area contributed by atoms with Crippen molar-refractivity contribution < 1.29 is 9.59 Å². The van der Waals surface area contributed by atoms with Crippen LogP contribution in [-0.2, 0) is 9.59 Å². The lowest BCUT2D eigenvalue weighted by molar-refractivity contribution is -0.120. The van der Waals surface area contributed by atoms with Crippen LogP contribution < -0.4 is 0 Å². The quantitative estimate of drug-likeness (QED) is 0.660. The van der Waals surface area contributed by atoms with Gasteiger partial charge in [0.25, 0.3) is 0 Å². The molecule has 0 aromatic carbocycles. The molecule has 18 heavy (non-hydrogen) atoms. The first-order valence-corrected chi connectivity index (χ1v) is 7.26. The van der Waals surface area contributed by atoms with Crippen LogP contribution in [0.5, 0.6) is 0 Å². The second-order valence-corrected chi connectivity index (χ2v) is 5.43. The molecule has 2 rings (SSSR count). The van der Waals surface area contributed by atoms with Gasteiger partial charge in [-0.05, 0) is 0 Å². The second-order valence-electron chi connectivity index (χ2n) is 4.33. The summed E-state index contributed by atoms with van der Waals surface area (Å²) in [7, 11) is 0. The molecule has 2 nitrogen and oxygen atoms in total. The summed E-state index contributed by atoms with van der Waals surface area (Å²) in [6, 6.07) is 0. The highest BCUT2D eigenvalue weighted by Crippen LogP contribution is 2.16. The number of thioether (sulfide) groups is 1. The van der Waals surface area contributed by atoms with Gasteiger partial charge in [-0.2, -0.15) is 11.8 Å². The smallest absolute Gasteiger partial charge is 0.153 e. The maximum absolute atomic E-state index is 11.7. The summed E-state index contributed by atoms with van der Waals surface area (Å²) >= 11 is 1.55. The summed E-state index contributed by atoms with van der Waals surface area (Å²) in [4.78, 5) is 23.4. The number of hydrogen-bond acceptors (Lipinski definition) is 3. The lowest BCUT2D eigenvalue weighted by Crippen LogP contribution is -2.13. The Bertz CT molecular complexity index is 377. The fourth-order valence-corrected chi connectivity index (χ4v) is 2.78. The predicted molar refractivity (Wildman–Crippen MR) is 75.5 cm³/mol. The van der Waals surface area contributed by atoms with Gasteiger partial charge in [-0.1, -0.05) is 48.6 Å². The van der Waals surface area contributed by atoms with Crippen LogP contribution in [0.25, 0.3) is 0 Å². The number of carbonyl (C=O) groups excluding carboxylic acids is 2. The Morgan fingerprint density at radius 2 is 1.33 bits per heavy atom. The topological polar surface area (TPSA) is 34.1 Å². The van der Waals surface area contributed by atoms with Crippen molar-refractivity contribution in [2.45, 2.75) is 6.42 Å². The van der Waals surface area contributed by atoms with Gasteiger partial charge >= 0.3 is 0 Å². The number of rotatable bonds is 7. The Morgan fingerprint density at radius 3 is 1.89 bits per heavy atom. The van der Waals surface area contributed by atoms with Crippen molar-refractivity contribution >= 4 is 23.3 Å². The minimum absolute atomic E-state index is 0.0398. The number of hydrogen-bond donors (Lipinski definition) is 0. The summed E-state index contributed by atoms with van der Waals surface area (Å²) in [5.74, 6) is 1.58.